The molecule has 0 aliphatic carbocycles. The van der Waals surface area contributed by atoms with E-state index < -0.39 is 34.1 Å². The lowest BCUT2D eigenvalue weighted by Crippen LogP contribution is -2.53. The summed E-state index contributed by atoms with van der Waals surface area (Å²) in [6.07, 6.45) is 0.113. The average molecular weight is 526 g/mol. The van der Waals surface area contributed by atoms with Gasteiger partial charge in [-0.15, -0.1) is 0 Å². The van der Waals surface area contributed by atoms with Gasteiger partial charge in [-0.2, -0.15) is 8.42 Å². The third kappa shape index (κ3) is 7.70. The Bertz CT molecular complexity index is 1360. The number of hydrogen-bond acceptors (Lipinski definition) is 6. The van der Waals surface area contributed by atoms with Gasteiger partial charge >= 0.3 is 16.2 Å². The summed E-state index contributed by atoms with van der Waals surface area (Å²) in [5.41, 5.74) is 6.63. The van der Waals surface area contributed by atoms with E-state index in [0.29, 0.717) is 11.4 Å². The molecule has 1 atom stereocenters. The van der Waals surface area contributed by atoms with Gasteiger partial charge in [0.2, 0.25) is 11.8 Å². The number of carbonyl (C=O) groups is 3. The Labute approximate surface area is 214 Å². The van der Waals surface area contributed by atoms with E-state index >= 15 is 0 Å². The van der Waals surface area contributed by atoms with Gasteiger partial charge in [0.1, 0.15) is 11.8 Å². The molecule has 194 valence electrons. The molecule has 12 heteroatoms. The third-order valence-electron chi connectivity index (χ3n) is 5.30. The van der Waals surface area contributed by atoms with Crippen molar-refractivity contribution in [1.82, 2.24) is 10.0 Å². The van der Waals surface area contributed by atoms with Crippen LogP contribution in [0.2, 0.25) is 0 Å². The Morgan fingerprint density at radius 3 is 2.27 bits per heavy atom. The van der Waals surface area contributed by atoms with E-state index in [9.17, 15) is 22.8 Å². The smallest absolute Gasteiger partial charge is 0.330 e. The van der Waals surface area contributed by atoms with E-state index in [1.807, 2.05) is 10.8 Å². The number of hydrogen-bond donors (Lipinski definition) is 4. The van der Waals surface area contributed by atoms with Gasteiger partial charge in [0, 0.05) is 24.7 Å². The van der Waals surface area contributed by atoms with Crippen LogP contribution in [0, 0.1) is 0 Å². The van der Waals surface area contributed by atoms with Crippen molar-refractivity contribution < 1.29 is 27.5 Å². The summed E-state index contributed by atoms with van der Waals surface area (Å²) in [5.74, 6) is -0.597. The lowest BCUT2D eigenvalue weighted by molar-refractivity contribution is -0.120. The molecule has 0 aliphatic heterocycles. The zero-order chi connectivity index (χ0) is 27.0. The first-order valence-electron chi connectivity index (χ1n) is 11.0. The number of ether oxygens (including phenoxy) is 1. The molecule has 4 amide bonds. The first-order chi connectivity index (χ1) is 17.6. The fourth-order valence-electron chi connectivity index (χ4n) is 3.44. The zero-order valence-corrected chi connectivity index (χ0v) is 21.0. The van der Waals surface area contributed by atoms with E-state index in [2.05, 4.69) is 10.0 Å². The number of likely N-dealkylation sites (N-methyl/N-ethyl adjacent to an activating group) is 1. The number of urea groups is 1. The van der Waals surface area contributed by atoms with Gasteiger partial charge in [-0.1, -0.05) is 36.4 Å². The highest BCUT2D eigenvalue weighted by molar-refractivity contribution is 7.91. The van der Waals surface area contributed by atoms with Crippen molar-refractivity contribution in [2.24, 2.45) is 5.73 Å². The van der Waals surface area contributed by atoms with Gasteiger partial charge in [0.05, 0.1) is 12.8 Å². The Morgan fingerprint density at radius 1 is 0.973 bits per heavy atom. The summed E-state index contributed by atoms with van der Waals surface area (Å²) in [5, 5.41) is 2.45. The predicted molar refractivity (Wildman–Crippen MR) is 140 cm³/mol. The quantitative estimate of drug-likeness (QED) is 0.317. The van der Waals surface area contributed by atoms with Gasteiger partial charge in [-0.3, -0.25) is 14.3 Å². The fraction of sp³-hybridized carbons (Fsp3) is 0.160. The average Bonchev–Trinajstić information content (AvgIpc) is 2.87. The van der Waals surface area contributed by atoms with Crippen molar-refractivity contribution in [3.63, 3.8) is 0 Å². The van der Waals surface area contributed by atoms with Crippen molar-refractivity contribution in [2.75, 3.05) is 23.8 Å². The molecule has 0 saturated carbocycles. The summed E-state index contributed by atoms with van der Waals surface area (Å²) < 4.78 is 34.1. The molecular weight excluding hydrogens is 498 g/mol. The molecule has 0 fully saturated rings. The maximum atomic E-state index is 13.3. The summed E-state index contributed by atoms with van der Waals surface area (Å²) >= 11 is 0. The monoisotopic (exact) mass is 525 g/mol. The highest BCUT2D eigenvalue weighted by Gasteiger charge is 2.27. The van der Waals surface area contributed by atoms with Crippen LogP contribution in [0.25, 0.3) is 0 Å². The number of anilines is 2. The van der Waals surface area contributed by atoms with Gasteiger partial charge in [-0.05, 0) is 48.0 Å². The van der Waals surface area contributed by atoms with Crippen molar-refractivity contribution in [3.05, 3.63) is 90.0 Å². The second-order valence-corrected chi connectivity index (χ2v) is 9.38. The molecule has 0 spiro atoms. The van der Waals surface area contributed by atoms with E-state index in [4.69, 9.17) is 10.5 Å². The van der Waals surface area contributed by atoms with Crippen LogP contribution < -0.4 is 30.1 Å². The van der Waals surface area contributed by atoms with Crippen molar-refractivity contribution in [1.29, 1.82) is 0 Å². The molecule has 11 nitrogen and oxygen atoms in total. The van der Waals surface area contributed by atoms with Crippen LogP contribution in [-0.4, -0.2) is 46.5 Å². The summed E-state index contributed by atoms with van der Waals surface area (Å²) in [6.45, 7) is 0. The molecule has 3 aromatic rings. The summed E-state index contributed by atoms with van der Waals surface area (Å²) in [6, 6.07) is 19.0. The molecule has 0 aromatic heterocycles. The molecule has 0 radical (unpaired) electrons. The minimum atomic E-state index is -4.40. The van der Waals surface area contributed by atoms with Crippen molar-refractivity contribution >= 4 is 39.4 Å². The topological polar surface area (TPSA) is 160 Å². The van der Waals surface area contributed by atoms with E-state index in [1.165, 1.54) is 36.3 Å². The molecule has 0 bridgehead atoms. The van der Waals surface area contributed by atoms with Crippen LogP contribution in [0.15, 0.2) is 78.9 Å². The maximum Gasteiger partial charge on any atom is 0.330 e. The summed E-state index contributed by atoms with van der Waals surface area (Å²) in [4.78, 5) is 38.7. The summed E-state index contributed by atoms with van der Waals surface area (Å²) in [7, 11) is -1.33. The number of carbonyl (C=O) groups excluding carboxylic acids is 3. The molecule has 3 rings (SSSR count). The Hall–Kier alpha value is -4.58. The fourth-order valence-corrected chi connectivity index (χ4v) is 4.23. The second kappa shape index (κ2) is 11.9. The first-order valence-corrected chi connectivity index (χ1v) is 12.5. The van der Waals surface area contributed by atoms with Crippen LogP contribution in [0.5, 0.6) is 5.75 Å². The molecule has 37 heavy (non-hydrogen) atoms. The highest BCUT2D eigenvalue weighted by atomic mass is 32.2. The number of nitrogens with two attached hydrogens (primary N) is 1. The van der Waals surface area contributed by atoms with Crippen LogP contribution in [0.1, 0.15) is 15.9 Å². The van der Waals surface area contributed by atoms with Crippen molar-refractivity contribution in [2.45, 2.75) is 12.5 Å². The first kappa shape index (κ1) is 27.0. The molecule has 1 unspecified atom stereocenters. The van der Waals surface area contributed by atoms with Gasteiger partial charge in [0.25, 0.3) is 0 Å². The van der Waals surface area contributed by atoms with Crippen LogP contribution in [0.3, 0.4) is 0 Å². The van der Waals surface area contributed by atoms with Crippen LogP contribution in [0.4, 0.5) is 16.2 Å². The lowest BCUT2D eigenvalue weighted by Gasteiger charge is -2.25. The Morgan fingerprint density at radius 2 is 1.65 bits per heavy atom. The normalized spacial score (nSPS) is 11.6. The van der Waals surface area contributed by atoms with E-state index in [1.54, 1.807) is 55.6 Å². The maximum absolute atomic E-state index is 13.3. The third-order valence-corrected chi connectivity index (χ3v) is 6.26. The van der Waals surface area contributed by atoms with Crippen LogP contribution >= 0.6 is 0 Å². The van der Waals surface area contributed by atoms with Crippen molar-refractivity contribution in [3.8, 4) is 5.75 Å². The number of nitrogens with one attached hydrogen (secondary N) is 3. The standard InChI is InChI=1S/C25H27N5O6S/c1-30(20-11-13-21(36-2)14-12-20)24(32)22(15-17-7-4-3-5-8-17)27-25(33)29-37(34,35)28-19-10-6-9-18(16-19)23(26)31/h3-14,16,22,28H,15H2,1-2H3,(H2,26,31)(H2,27,29,33). The molecule has 0 aliphatic rings. The van der Waals surface area contributed by atoms with Gasteiger partial charge in [0.15, 0.2) is 0 Å². The van der Waals surface area contributed by atoms with E-state index in [0.717, 1.165) is 5.56 Å². The number of rotatable bonds is 10. The second-order valence-electron chi connectivity index (χ2n) is 7.96. The number of nitrogens with zero attached hydrogens (tertiary/aromatic N) is 1. The predicted octanol–water partition coefficient (Wildman–Crippen LogP) is 2.02. The highest BCUT2D eigenvalue weighted by Crippen LogP contribution is 2.19. The molecule has 0 heterocycles. The molecule has 0 saturated heterocycles. The number of methoxy groups -OCH3 is 1. The molecule has 3 aromatic carbocycles. The van der Waals surface area contributed by atoms with E-state index in [-0.39, 0.29) is 17.7 Å². The minimum absolute atomic E-state index is 0.0211. The van der Waals surface area contributed by atoms with Crippen LogP contribution in [-0.2, 0) is 21.4 Å². The van der Waals surface area contributed by atoms with Gasteiger partial charge in [-0.25, -0.2) is 9.52 Å². The Kier molecular flexibility index (Phi) is 8.69. The molecular formula is C25H27N5O6S. The Balaban J connectivity index is 1.75. The number of primary amides is 1. The largest absolute Gasteiger partial charge is 0.497 e. The molecule has 5 N–H and O–H groups in total. The SMILES string of the molecule is COc1ccc(N(C)C(=O)C(Cc2ccccc2)NC(=O)NS(=O)(=O)Nc2cccc(C(N)=O)c2)cc1. The zero-order valence-electron chi connectivity index (χ0n) is 20.2. The number of benzene rings is 3. The van der Waals surface area contributed by atoms with Gasteiger partial charge < -0.3 is 20.7 Å². The number of amides is 4. The lowest BCUT2D eigenvalue weighted by atomic mass is 10.0. The minimum Gasteiger partial charge on any atom is -0.497 e.